The molecule has 0 saturated heterocycles. The van der Waals surface area contributed by atoms with Crippen molar-refractivity contribution in [1.82, 2.24) is 25.3 Å². The van der Waals surface area contributed by atoms with E-state index in [4.69, 9.17) is 14.2 Å². The summed E-state index contributed by atoms with van der Waals surface area (Å²) in [7, 11) is 0. The predicted octanol–water partition coefficient (Wildman–Crippen LogP) is 5.51. The van der Waals surface area contributed by atoms with E-state index >= 15 is 0 Å². The minimum absolute atomic E-state index is 0.104. The molecule has 0 aromatic heterocycles. The lowest BCUT2D eigenvalue weighted by molar-refractivity contribution is 0.0709. The highest BCUT2D eigenvalue weighted by Crippen LogP contribution is 2.08. The monoisotopic (exact) mass is 661 g/mol. The summed E-state index contributed by atoms with van der Waals surface area (Å²) >= 11 is 0. The first-order valence-corrected chi connectivity index (χ1v) is 16.8. The molecule has 11 nitrogen and oxygen atoms in total. The maximum absolute atomic E-state index is 13.4. The van der Waals surface area contributed by atoms with Crippen molar-refractivity contribution >= 4 is 18.3 Å². The van der Waals surface area contributed by atoms with Gasteiger partial charge in [0, 0.05) is 45.8 Å². The van der Waals surface area contributed by atoms with Crippen molar-refractivity contribution in [3.8, 4) is 0 Å². The Balaban J connectivity index is 1.64. The summed E-state index contributed by atoms with van der Waals surface area (Å²) in [6.45, 7) is 9.19. The van der Waals surface area contributed by atoms with Gasteiger partial charge in [-0.05, 0) is 49.7 Å². The Morgan fingerprint density at radius 3 is 1.29 bits per heavy atom. The van der Waals surface area contributed by atoms with Crippen molar-refractivity contribution in [2.45, 2.75) is 40.1 Å². The SMILES string of the molecule is CCNCCCNCCN(CCN(CCN(CC)C(=O)OCc1ccccc1)C(=O)OCc1ccccc1)C(=O)OCc1ccccc1. The zero-order valence-electron chi connectivity index (χ0n) is 28.4. The highest BCUT2D eigenvalue weighted by molar-refractivity contribution is 5.70. The first-order chi connectivity index (χ1) is 23.5. The minimum atomic E-state index is -0.535. The lowest BCUT2D eigenvalue weighted by Crippen LogP contribution is -2.46. The summed E-state index contributed by atoms with van der Waals surface area (Å²) in [6.07, 6.45) is -0.503. The fraction of sp³-hybridized carbons (Fsp3) is 0.432. The van der Waals surface area contributed by atoms with Crippen LogP contribution in [0.3, 0.4) is 0 Å². The van der Waals surface area contributed by atoms with E-state index < -0.39 is 18.3 Å². The fourth-order valence-corrected chi connectivity index (χ4v) is 4.74. The van der Waals surface area contributed by atoms with Gasteiger partial charge in [0.05, 0.1) is 0 Å². The number of nitrogens with zero attached hydrogens (tertiary/aromatic N) is 3. The van der Waals surface area contributed by atoms with Gasteiger partial charge in [0.2, 0.25) is 0 Å². The van der Waals surface area contributed by atoms with Crippen LogP contribution in [0.1, 0.15) is 37.0 Å². The Morgan fingerprint density at radius 2 is 0.875 bits per heavy atom. The maximum atomic E-state index is 13.4. The summed E-state index contributed by atoms with van der Waals surface area (Å²) in [5.74, 6) is 0. The molecule has 48 heavy (non-hydrogen) atoms. The number of hydrogen-bond acceptors (Lipinski definition) is 8. The van der Waals surface area contributed by atoms with E-state index in [9.17, 15) is 14.4 Å². The average Bonchev–Trinajstić information content (AvgIpc) is 3.13. The standard InChI is InChI=1S/C37H51N5O6/c1-3-38-21-14-22-39-23-24-41(36(44)47-30-33-17-10-6-11-18-33)27-28-42(37(45)48-31-34-19-12-7-13-20-34)26-25-40(4-2)35(43)46-29-32-15-8-5-9-16-32/h5-13,15-20,38-39H,3-4,14,21-31H2,1-2H3. The molecule has 11 heteroatoms. The Hall–Kier alpha value is -4.61. The molecule has 0 unspecified atom stereocenters. The average molecular weight is 662 g/mol. The molecule has 0 spiro atoms. The highest BCUT2D eigenvalue weighted by atomic mass is 16.6. The Bertz CT molecular complexity index is 1320. The molecule has 0 aliphatic rings. The van der Waals surface area contributed by atoms with Gasteiger partial charge in [-0.1, -0.05) is 97.9 Å². The molecule has 0 atom stereocenters. The van der Waals surface area contributed by atoms with Crippen LogP contribution in [0.25, 0.3) is 0 Å². The summed E-state index contributed by atoms with van der Waals surface area (Å²) in [5, 5.41) is 6.69. The molecule has 0 bridgehead atoms. The number of likely N-dealkylation sites (N-methyl/N-ethyl adjacent to an activating group) is 1. The summed E-state index contributed by atoms with van der Waals surface area (Å²) < 4.78 is 16.8. The first-order valence-electron chi connectivity index (χ1n) is 16.8. The number of hydrogen-bond donors (Lipinski definition) is 2. The van der Waals surface area contributed by atoms with Crippen molar-refractivity contribution in [3.05, 3.63) is 108 Å². The van der Waals surface area contributed by atoms with Gasteiger partial charge >= 0.3 is 18.3 Å². The van der Waals surface area contributed by atoms with Crippen LogP contribution in [0, 0.1) is 0 Å². The third-order valence-corrected chi connectivity index (χ3v) is 7.57. The normalized spacial score (nSPS) is 10.6. The summed E-state index contributed by atoms with van der Waals surface area (Å²) in [6, 6.07) is 28.4. The quantitative estimate of drug-likeness (QED) is 0.114. The molecule has 3 rings (SSSR count). The van der Waals surface area contributed by atoms with Gasteiger partial charge in [0.15, 0.2) is 0 Å². The molecule has 2 N–H and O–H groups in total. The number of amides is 3. The minimum Gasteiger partial charge on any atom is -0.445 e. The van der Waals surface area contributed by atoms with Gasteiger partial charge in [-0.15, -0.1) is 0 Å². The molecular formula is C37H51N5O6. The highest BCUT2D eigenvalue weighted by Gasteiger charge is 2.22. The van der Waals surface area contributed by atoms with E-state index in [1.807, 2.05) is 97.9 Å². The van der Waals surface area contributed by atoms with Crippen LogP contribution in [0.2, 0.25) is 0 Å². The molecule has 3 aromatic rings. The van der Waals surface area contributed by atoms with Crippen LogP contribution in [-0.4, -0.2) is 98.4 Å². The molecule has 0 saturated carbocycles. The van der Waals surface area contributed by atoms with Crippen LogP contribution in [0.15, 0.2) is 91.0 Å². The predicted molar refractivity (Wildman–Crippen MR) is 186 cm³/mol. The van der Waals surface area contributed by atoms with Gasteiger partial charge in [-0.25, -0.2) is 14.4 Å². The number of ether oxygens (including phenoxy) is 3. The molecule has 3 aromatic carbocycles. The van der Waals surface area contributed by atoms with Crippen molar-refractivity contribution < 1.29 is 28.6 Å². The maximum Gasteiger partial charge on any atom is 0.410 e. The van der Waals surface area contributed by atoms with Gasteiger partial charge < -0.3 is 39.5 Å². The van der Waals surface area contributed by atoms with Crippen molar-refractivity contribution in [1.29, 1.82) is 0 Å². The Kier molecular flexibility index (Phi) is 18.0. The molecular weight excluding hydrogens is 610 g/mol. The van der Waals surface area contributed by atoms with E-state index in [-0.39, 0.29) is 46.0 Å². The molecule has 3 amide bonds. The molecule has 0 heterocycles. The van der Waals surface area contributed by atoms with Crippen LogP contribution in [0.4, 0.5) is 14.4 Å². The van der Waals surface area contributed by atoms with Gasteiger partial charge in [0.1, 0.15) is 19.8 Å². The molecule has 0 aliphatic heterocycles. The smallest absolute Gasteiger partial charge is 0.410 e. The van der Waals surface area contributed by atoms with Crippen LogP contribution in [0.5, 0.6) is 0 Å². The first kappa shape index (κ1) is 37.8. The van der Waals surface area contributed by atoms with Gasteiger partial charge in [0.25, 0.3) is 0 Å². The van der Waals surface area contributed by atoms with E-state index in [1.165, 1.54) is 4.90 Å². The Labute approximate surface area is 285 Å². The van der Waals surface area contributed by atoms with Crippen LogP contribution < -0.4 is 10.6 Å². The third kappa shape index (κ3) is 14.9. The lowest BCUT2D eigenvalue weighted by Gasteiger charge is -2.29. The van der Waals surface area contributed by atoms with E-state index in [0.29, 0.717) is 19.6 Å². The summed E-state index contributed by atoms with van der Waals surface area (Å²) in [4.78, 5) is 44.2. The number of carbonyl (C=O) groups is 3. The second kappa shape index (κ2) is 22.8. The zero-order valence-corrected chi connectivity index (χ0v) is 28.4. The van der Waals surface area contributed by atoms with Crippen molar-refractivity contribution in [2.24, 2.45) is 0 Å². The van der Waals surface area contributed by atoms with Gasteiger partial charge in [-0.2, -0.15) is 0 Å². The van der Waals surface area contributed by atoms with Crippen LogP contribution in [-0.2, 0) is 34.0 Å². The molecule has 0 aliphatic carbocycles. The topological polar surface area (TPSA) is 113 Å². The lowest BCUT2D eigenvalue weighted by atomic mass is 10.2. The fourth-order valence-electron chi connectivity index (χ4n) is 4.74. The Morgan fingerprint density at radius 1 is 0.500 bits per heavy atom. The second-order valence-corrected chi connectivity index (χ2v) is 11.1. The molecule has 0 radical (unpaired) electrons. The molecule has 0 fully saturated rings. The van der Waals surface area contributed by atoms with Crippen LogP contribution >= 0.6 is 0 Å². The van der Waals surface area contributed by atoms with Crippen molar-refractivity contribution in [3.63, 3.8) is 0 Å². The number of rotatable bonds is 21. The van der Waals surface area contributed by atoms with Gasteiger partial charge in [-0.3, -0.25) is 0 Å². The number of benzene rings is 3. The second-order valence-electron chi connectivity index (χ2n) is 11.1. The third-order valence-electron chi connectivity index (χ3n) is 7.57. The van der Waals surface area contributed by atoms with Crippen molar-refractivity contribution in [2.75, 3.05) is 65.4 Å². The van der Waals surface area contributed by atoms with E-state index in [1.54, 1.807) is 9.80 Å². The number of nitrogens with one attached hydrogen (secondary N) is 2. The molecule has 260 valence electrons. The van der Waals surface area contributed by atoms with E-state index in [0.717, 1.165) is 42.7 Å². The largest absolute Gasteiger partial charge is 0.445 e. The number of carbonyl (C=O) groups excluding carboxylic acids is 3. The zero-order chi connectivity index (χ0) is 34.2. The summed E-state index contributed by atoms with van der Waals surface area (Å²) in [5.41, 5.74) is 2.63. The van der Waals surface area contributed by atoms with E-state index in [2.05, 4.69) is 17.6 Å².